The summed E-state index contributed by atoms with van der Waals surface area (Å²) in [6, 6.07) is 2.72. The van der Waals surface area contributed by atoms with Crippen molar-refractivity contribution in [3.05, 3.63) is 82.7 Å². The third-order valence-corrected chi connectivity index (χ3v) is 5.47. The zero-order valence-corrected chi connectivity index (χ0v) is 22.3. The summed E-state index contributed by atoms with van der Waals surface area (Å²) in [5.41, 5.74) is 1.89. The smallest absolute Gasteiger partial charge is 0.451 e. The Morgan fingerprint density at radius 3 is 1.43 bits per heavy atom. The Balaban J connectivity index is 0.000000230. The number of aromatic nitrogens is 6. The molecule has 4 aromatic heterocycles. The number of rotatable bonds is 4. The molecule has 4 heterocycles. The molecular formula is C25H17ClF6N6O4. The van der Waals surface area contributed by atoms with Crippen LogP contribution in [-0.4, -0.2) is 56.1 Å². The van der Waals surface area contributed by atoms with Gasteiger partial charge in [-0.1, -0.05) is 11.6 Å². The van der Waals surface area contributed by atoms with Crippen molar-refractivity contribution in [3.8, 4) is 22.5 Å². The maximum Gasteiger partial charge on any atom is 0.451 e. The average molecular weight is 615 g/mol. The maximum atomic E-state index is 12.4. The number of carbonyl (C=O) groups is 2. The van der Waals surface area contributed by atoms with Crippen molar-refractivity contribution in [1.29, 1.82) is 0 Å². The van der Waals surface area contributed by atoms with E-state index in [4.69, 9.17) is 11.6 Å². The van der Waals surface area contributed by atoms with Gasteiger partial charge < -0.3 is 9.47 Å². The number of methoxy groups -OCH3 is 2. The number of pyridine rings is 2. The van der Waals surface area contributed by atoms with Gasteiger partial charge in [0.25, 0.3) is 0 Å². The van der Waals surface area contributed by atoms with Gasteiger partial charge in [-0.05, 0) is 24.6 Å². The van der Waals surface area contributed by atoms with E-state index in [-0.39, 0.29) is 38.7 Å². The van der Waals surface area contributed by atoms with Crippen LogP contribution in [0.4, 0.5) is 26.3 Å². The Morgan fingerprint density at radius 2 is 1.02 bits per heavy atom. The van der Waals surface area contributed by atoms with E-state index in [9.17, 15) is 35.9 Å². The van der Waals surface area contributed by atoms with Gasteiger partial charge >= 0.3 is 24.3 Å². The second kappa shape index (κ2) is 12.8. The summed E-state index contributed by atoms with van der Waals surface area (Å²) in [5.74, 6) is -3.72. The molecule has 0 aromatic carbocycles. The highest BCUT2D eigenvalue weighted by Crippen LogP contribution is 2.28. The standard InChI is InChI=1S/C13H10F3N3O2.C12H7ClF3N3O2/c1-7-4-17-10(3-9(7)11(20)21-2)8-5-18-12(19-6-8)13(14,15)16;1-21-10(20)7-2-9(17-5-8(7)13)6-3-18-11(19-4-6)12(14,15)16/h3-6H,1-2H3;2-5H,1H3. The summed E-state index contributed by atoms with van der Waals surface area (Å²) in [4.78, 5) is 44.0. The lowest BCUT2D eigenvalue weighted by atomic mass is 10.1. The molecule has 0 unspecified atom stereocenters. The number of nitrogens with zero attached hydrogens (tertiary/aromatic N) is 6. The molecule has 10 nitrogen and oxygen atoms in total. The van der Waals surface area contributed by atoms with Crippen LogP contribution in [0.25, 0.3) is 22.5 Å². The average Bonchev–Trinajstić information content (AvgIpc) is 2.96. The Morgan fingerprint density at radius 1 is 0.643 bits per heavy atom. The second-order valence-corrected chi connectivity index (χ2v) is 8.41. The highest BCUT2D eigenvalue weighted by molar-refractivity contribution is 6.33. The minimum Gasteiger partial charge on any atom is -0.465 e. The SMILES string of the molecule is COC(=O)c1cc(-c2cnc(C(F)(F)F)nc2)ncc1C.COC(=O)c1cc(-c2cnc(C(F)(F)F)nc2)ncc1Cl. The Kier molecular flexibility index (Phi) is 9.72. The van der Waals surface area contributed by atoms with Gasteiger partial charge in [-0.2, -0.15) is 26.3 Å². The second-order valence-electron chi connectivity index (χ2n) is 8.00. The molecule has 0 aliphatic carbocycles. The molecule has 0 radical (unpaired) electrons. The molecule has 0 saturated carbocycles. The van der Waals surface area contributed by atoms with Crippen LogP contribution < -0.4 is 0 Å². The monoisotopic (exact) mass is 614 g/mol. The number of esters is 2. The number of halogens is 7. The highest BCUT2D eigenvalue weighted by atomic mass is 35.5. The minimum absolute atomic E-state index is 0.0454. The molecule has 42 heavy (non-hydrogen) atoms. The van der Waals surface area contributed by atoms with Crippen LogP contribution in [0.3, 0.4) is 0 Å². The van der Waals surface area contributed by atoms with Crippen molar-refractivity contribution in [3.63, 3.8) is 0 Å². The summed E-state index contributed by atoms with van der Waals surface area (Å²) in [6.45, 7) is 1.67. The molecule has 0 spiro atoms. The van der Waals surface area contributed by atoms with Crippen LogP contribution in [0.2, 0.25) is 5.02 Å². The van der Waals surface area contributed by atoms with Gasteiger partial charge in [0.1, 0.15) is 0 Å². The summed E-state index contributed by atoms with van der Waals surface area (Å²) in [5, 5.41) is 0.0680. The van der Waals surface area contributed by atoms with E-state index in [0.717, 1.165) is 24.8 Å². The molecule has 0 fully saturated rings. The molecule has 0 atom stereocenters. The van der Waals surface area contributed by atoms with Crippen LogP contribution in [0, 0.1) is 6.92 Å². The molecule has 4 aromatic rings. The lowest BCUT2D eigenvalue weighted by Crippen LogP contribution is -2.10. The molecular weight excluding hydrogens is 598 g/mol. The first-order valence-electron chi connectivity index (χ1n) is 11.2. The van der Waals surface area contributed by atoms with Gasteiger partial charge in [0.2, 0.25) is 11.6 Å². The predicted octanol–water partition coefficient (Wildman–Crippen LogP) is 5.65. The molecule has 0 aliphatic heterocycles. The van der Waals surface area contributed by atoms with Gasteiger partial charge in [-0.15, -0.1) is 0 Å². The van der Waals surface area contributed by atoms with Crippen molar-refractivity contribution in [2.24, 2.45) is 0 Å². The number of alkyl halides is 6. The van der Waals surface area contributed by atoms with E-state index in [1.165, 1.54) is 38.7 Å². The zero-order valence-electron chi connectivity index (χ0n) is 21.6. The van der Waals surface area contributed by atoms with E-state index in [2.05, 4.69) is 39.4 Å². The number of hydrogen-bond acceptors (Lipinski definition) is 10. The van der Waals surface area contributed by atoms with Crippen LogP contribution in [0.1, 0.15) is 37.9 Å². The normalized spacial score (nSPS) is 11.3. The number of hydrogen-bond donors (Lipinski definition) is 0. The first-order chi connectivity index (χ1) is 19.6. The Bertz CT molecular complexity index is 1460. The van der Waals surface area contributed by atoms with E-state index < -0.39 is 35.9 Å². The predicted molar refractivity (Wildman–Crippen MR) is 133 cm³/mol. The number of carbonyl (C=O) groups excluding carboxylic acids is 2. The first kappa shape index (κ1) is 31.8. The molecule has 0 bridgehead atoms. The van der Waals surface area contributed by atoms with Crippen molar-refractivity contribution in [1.82, 2.24) is 29.9 Å². The fourth-order valence-corrected chi connectivity index (χ4v) is 3.27. The quantitative estimate of drug-likeness (QED) is 0.210. The van der Waals surface area contributed by atoms with Crippen LogP contribution >= 0.6 is 11.6 Å². The maximum absolute atomic E-state index is 12.4. The topological polar surface area (TPSA) is 130 Å². The highest BCUT2D eigenvalue weighted by Gasteiger charge is 2.35. The van der Waals surface area contributed by atoms with Crippen LogP contribution in [0.15, 0.2) is 49.3 Å². The first-order valence-corrected chi connectivity index (χ1v) is 11.6. The molecule has 17 heteroatoms. The van der Waals surface area contributed by atoms with E-state index in [0.29, 0.717) is 5.56 Å². The van der Waals surface area contributed by atoms with E-state index in [1.807, 2.05) is 0 Å². The molecule has 0 amide bonds. The number of ether oxygens (including phenoxy) is 2. The fraction of sp³-hybridized carbons (Fsp3) is 0.200. The Hall–Kier alpha value is -4.73. The summed E-state index contributed by atoms with van der Waals surface area (Å²) in [6.07, 6.45) is -2.65. The van der Waals surface area contributed by atoms with Gasteiger partial charge in [-0.25, -0.2) is 29.5 Å². The van der Waals surface area contributed by atoms with E-state index in [1.54, 1.807) is 6.92 Å². The largest absolute Gasteiger partial charge is 0.465 e. The zero-order chi connectivity index (χ0) is 31.2. The fourth-order valence-electron chi connectivity index (χ4n) is 3.09. The lowest BCUT2D eigenvalue weighted by Gasteiger charge is -2.07. The lowest BCUT2D eigenvalue weighted by molar-refractivity contribution is -0.145. The molecule has 4 rings (SSSR count). The number of aryl methyl sites for hydroxylation is 1. The van der Waals surface area contributed by atoms with Gasteiger partial charge in [0, 0.05) is 48.3 Å². The van der Waals surface area contributed by atoms with Crippen LogP contribution in [-0.2, 0) is 21.8 Å². The molecule has 0 N–H and O–H groups in total. The van der Waals surface area contributed by atoms with Crippen molar-refractivity contribution in [2.45, 2.75) is 19.3 Å². The van der Waals surface area contributed by atoms with Crippen LogP contribution in [0.5, 0.6) is 0 Å². The summed E-state index contributed by atoms with van der Waals surface area (Å²) in [7, 11) is 2.42. The van der Waals surface area contributed by atoms with Gasteiger partial charge in [-0.3, -0.25) is 9.97 Å². The molecule has 220 valence electrons. The van der Waals surface area contributed by atoms with Crippen molar-refractivity contribution >= 4 is 23.5 Å². The molecule has 0 saturated heterocycles. The van der Waals surface area contributed by atoms with Gasteiger partial charge in [0.05, 0.1) is 41.8 Å². The Labute approximate surface area is 237 Å². The third kappa shape index (κ3) is 7.72. The third-order valence-electron chi connectivity index (χ3n) is 5.17. The van der Waals surface area contributed by atoms with Crippen molar-refractivity contribution in [2.75, 3.05) is 14.2 Å². The van der Waals surface area contributed by atoms with Crippen molar-refractivity contribution < 1.29 is 45.4 Å². The van der Waals surface area contributed by atoms with Gasteiger partial charge in [0.15, 0.2) is 0 Å². The summed E-state index contributed by atoms with van der Waals surface area (Å²) >= 11 is 5.80. The summed E-state index contributed by atoms with van der Waals surface area (Å²) < 4.78 is 83.4. The molecule has 0 aliphatic rings. The minimum atomic E-state index is -4.62. The van der Waals surface area contributed by atoms with E-state index >= 15 is 0 Å².